The fourth-order valence-electron chi connectivity index (χ4n) is 1.31. The van der Waals surface area contributed by atoms with Crippen LogP contribution < -0.4 is 5.32 Å². The van der Waals surface area contributed by atoms with Gasteiger partial charge in [-0.3, -0.25) is 0 Å². The second-order valence-corrected chi connectivity index (χ2v) is 4.61. The number of nitrogens with one attached hydrogen (secondary N) is 1. The maximum Gasteiger partial charge on any atom is 0.115 e. The lowest BCUT2D eigenvalue weighted by atomic mass is 10.3. The van der Waals surface area contributed by atoms with Gasteiger partial charge < -0.3 is 5.32 Å². The molecule has 0 aliphatic carbocycles. The minimum absolute atomic E-state index is 0.228. The van der Waals surface area contributed by atoms with E-state index in [1.54, 1.807) is 11.3 Å². The summed E-state index contributed by atoms with van der Waals surface area (Å²) < 4.78 is 0. The third kappa shape index (κ3) is 2.70. The normalized spacial score (nSPS) is 12.4. The highest BCUT2D eigenvalue weighted by Gasteiger charge is 2.06. The van der Waals surface area contributed by atoms with E-state index in [4.69, 9.17) is 11.6 Å². The average molecular weight is 239 g/mol. The second kappa shape index (κ2) is 4.64. The molecule has 0 fully saturated rings. The van der Waals surface area contributed by atoms with Gasteiger partial charge >= 0.3 is 0 Å². The van der Waals surface area contributed by atoms with Crippen LogP contribution in [0.1, 0.15) is 18.0 Å². The molecule has 15 heavy (non-hydrogen) atoms. The van der Waals surface area contributed by atoms with Gasteiger partial charge in [0.2, 0.25) is 0 Å². The molecule has 2 nitrogen and oxygen atoms in total. The van der Waals surface area contributed by atoms with E-state index in [0.717, 1.165) is 15.7 Å². The maximum atomic E-state index is 5.81. The average Bonchev–Trinajstić information content (AvgIpc) is 2.74. The molecule has 4 heteroatoms. The van der Waals surface area contributed by atoms with Gasteiger partial charge in [0.25, 0.3) is 0 Å². The smallest absolute Gasteiger partial charge is 0.115 e. The van der Waals surface area contributed by atoms with Gasteiger partial charge in [0.1, 0.15) is 5.01 Å². The zero-order chi connectivity index (χ0) is 10.7. The van der Waals surface area contributed by atoms with Gasteiger partial charge in [-0.2, -0.15) is 0 Å². The Bertz CT molecular complexity index is 411. The molecule has 0 unspecified atom stereocenters. The van der Waals surface area contributed by atoms with Crippen molar-refractivity contribution < 1.29 is 0 Å². The van der Waals surface area contributed by atoms with Crippen LogP contribution in [-0.2, 0) is 0 Å². The van der Waals surface area contributed by atoms with Crippen LogP contribution in [0.2, 0.25) is 5.02 Å². The molecule has 78 valence electrons. The minimum atomic E-state index is 0.228. The van der Waals surface area contributed by atoms with E-state index in [-0.39, 0.29) is 6.04 Å². The van der Waals surface area contributed by atoms with Crippen molar-refractivity contribution in [3.05, 3.63) is 45.9 Å². The van der Waals surface area contributed by atoms with Crippen LogP contribution in [0.4, 0.5) is 5.69 Å². The molecule has 1 heterocycles. The SMILES string of the molecule is C[C@H](Nc1ccc(Cl)cc1)c1nccs1. The van der Waals surface area contributed by atoms with E-state index in [9.17, 15) is 0 Å². The molecule has 0 spiro atoms. The zero-order valence-electron chi connectivity index (χ0n) is 8.27. The predicted octanol–water partition coefficient (Wildman–Crippen LogP) is 3.97. The number of hydrogen-bond donors (Lipinski definition) is 1. The highest BCUT2D eigenvalue weighted by Crippen LogP contribution is 2.21. The molecule has 0 aliphatic rings. The molecular formula is C11H11ClN2S. The predicted molar refractivity (Wildman–Crippen MR) is 65.6 cm³/mol. The van der Waals surface area contributed by atoms with E-state index in [1.807, 2.05) is 35.8 Å². The van der Waals surface area contributed by atoms with Crippen molar-refractivity contribution in [1.82, 2.24) is 4.98 Å². The van der Waals surface area contributed by atoms with E-state index >= 15 is 0 Å². The number of rotatable bonds is 3. The number of nitrogens with zero attached hydrogens (tertiary/aromatic N) is 1. The largest absolute Gasteiger partial charge is 0.376 e. The Morgan fingerprint density at radius 3 is 2.67 bits per heavy atom. The third-order valence-electron chi connectivity index (χ3n) is 2.05. The van der Waals surface area contributed by atoms with Crippen LogP contribution >= 0.6 is 22.9 Å². The van der Waals surface area contributed by atoms with Crippen LogP contribution in [0.3, 0.4) is 0 Å². The van der Waals surface area contributed by atoms with Gasteiger partial charge in [-0.05, 0) is 31.2 Å². The standard InChI is InChI=1S/C11H11ClN2S/c1-8(11-13-6-7-15-11)14-10-4-2-9(12)3-5-10/h2-8,14H,1H3/t8-/m0/s1. The molecule has 1 aromatic carbocycles. The van der Waals surface area contributed by atoms with E-state index in [0.29, 0.717) is 0 Å². The van der Waals surface area contributed by atoms with Crippen molar-refractivity contribution in [2.45, 2.75) is 13.0 Å². The molecule has 0 saturated carbocycles. The second-order valence-electron chi connectivity index (χ2n) is 3.24. The van der Waals surface area contributed by atoms with Crippen LogP contribution in [-0.4, -0.2) is 4.98 Å². The van der Waals surface area contributed by atoms with Crippen LogP contribution in [0.25, 0.3) is 0 Å². The number of thiazole rings is 1. The van der Waals surface area contributed by atoms with Gasteiger partial charge in [0.15, 0.2) is 0 Å². The summed E-state index contributed by atoms with van der Waals surface area (Å²) in [6.07, 6.45) is 1.82. The van der Waals surface area contributed by atoms with E-state index in [1.165, 1.54) is 0 Å². The highest BCUT2D eigenvalue weighted by molar-refractivity contribution is 7.09. The molecule has 0 bridgehead atoms. The fourth-order valence-corrected chi connectivity index (χ4v) is 2.08. The minimum Gasteiger partial charge on any atom is -0.376 e. The Hall–Kier alpha value is -1.06. The summed E-state index contributed by atoms with van der Waals surface area (Å²) in [4.78, 5) is 4.26. The Labute approximate surface area is 97.9 Å². The van der Waals surface area contributed by atoms with Crippen LogP contribution in [0.15, 0.2) is 35.8 Å². The van der Waals surface area contributed by atoms with Gasteiger partial charge in [-0.25, -0.2) is 4.98 Å². The van der Waals surface area contributed by atoms with Gasteiger partial charge in [-0.15, -0.1) is 11.3 Å². The van der Waals surface area contributed by atoms with E-state index in [2.05, 4.69) is 17.2 Å². The lowest BCUT2D eigenvalue weighted by Gasteiger charge is -2.12. The summed E-state index contributed by atoms with van der Waals surface area (Å²) in [7, 11) is 0. The van der Waals surface area contributed by atoms with Gasteiger partial charge in [0.05, 0.1) is 6.04 Å². The molecule has 2 rings (SSSR count). The molecule has 1 atom stereocenters. The number of anilines is 1. The van der Waals surface area contributed by atoms with Crippen molar-refractivity contribution in [3.8, 4) is 0 Å². The molecule has 1 N–H and O–H groups in total. The Morgan fingerprint density at radius 1 is 1.33 bits per heavy atom. The summed E-state index contributed by atoms with van der Waals surface area (Å²) in [5.74, 6) is 0. The first-order valence-electron chi connectivity index (χ1n) is 4.67. The molecule has 2 aromatic rings. The summed E-state index contributed by atoms with van der Waals surface area (Å²) in [6, 6.07) is 7.90. The molecule has 0 amide bonds. The Balaban J connectivity index is 2.06. The molecule has 0 radical (unpaired) electrons. The topological polar surface area (TPSA) is 24.9 Å². The lowest BCUT2D eigenvalue weighted by Crippen LogP contribution is -2.05. The van der Waals surface area contributed by atoms with Crippen LogP contribution in [0.5, 0.6) is 0 Å². The Kier molecular flexibility index (Phi) is 3.23. The zero-order valence-corrected chi connectivity index (χ0v) is 9.85. The van der Waals surface area contributed by atoms with Crippen molar-refractivity contribution >= 4 is 28.6 Å². The molecule has 0 saturated heterocycles. The molecule has 1 aromatic heterocycles. The highest BCUT2D eigenvalue weighted by atomic mass is 35.5. The summed E-state index contributed by atoms with van der Waals surface area (Å²) >= 11 is 7.46. The first-order chi connectivity index (χ1) is 7.25. The number of hydrogen-bond acceptors (Lipinski definition) is 3. The van der Waals surface area contributed by atoms with Crippen molar-refractivity contribution in [1.29, 1.82) is 0 Å². The molecule has 0 aliphatic heterocycles. The van der Waals surface area contributed by atoms with E-state index < -0.39 is 0 Å². The first-order valence-corrected chi connectivity index (χ1v) is 5.93. The van der Waals surface area contributed by atoms with Crippen molar-refractivity contribution in [2.24, 2.45) is 0 Å². The first kappa shape index (κ1) is 10.5. The number of aromatic nitrogens is 1. The fraction of sp³-hybridized carbons (Fsp3) is 0.182. The quantitative estimate of drug-likeness (QED) is 0.875. The summed E-state index contributed by atoms with van der Waals surface area (Å²) in [5.41, 5.74) is 1.06. The number of benzene rings is 1. The van der Waals surface area contributed by atoms with Crippen molar-refractivity contribution in [2.75, 3.05) is 5.32 Å². The van der Waals surface area contributed by atoms with Gasteiger partial charge in [-0.1, -0.05) is 11.6 Å². The van der Waals surface area contributed by atoms with Crippen LogP contribution in [0, 0.1) is 0 Å². The monoisotopic (exact) mass is 238 g/mol. The number of halogens is 1. The lowest BCUT2D eigenvalue weighted by molar-refractivity contribution is 0.870. The maximum absolute atomic E-state index is 5.81. The molecular weight excluding hydrogens is 228 g/mol. The third-order valence-corrected chi connectivity index (χ3v) is 3.26. The van der Waals surface area contributed by atoms with Crippen molar-refractivity contribution in [3.63, 3.8) is 0 Å². The Morgan fingerprint density at radius 2 is 2.07 bits per heavy atom. The van der Waals surface area contributed by atoms with Gasteiger partial charge in [0, 0.05) is 22.3 Å². The summed E-state index contributed by atoms with van der Waals surface area (Å²) in [6.45, 7) is 2.09. The summed E-state index contributed by atoms with van der Waals surface area (Å²) in [5, 5.41) is 7.18.